The second kappa shape index (κ2) is 13.8. The number of halogens is 1. The zero-order chi connectivity index (χ0) is 37.4. The molecule has 3 saturated heterocycles. The van der Waals surface area contributed by atoms with Crippen LogP contribution in [0.2, 0.25) is 0 Å². The molecule has 3 aliphatic heterocycles. The molecule has 6 atom stereocenters. The summed E-state index contributed by atoms with van der Waals surface area (Å²) in [5.41, 5.74) is 2.75. The topological polar surface area (TPSA) is 131 Å². The van der Waals surface area contributed by atoms with Gasteiger partial charge in [0, 0.05) is 35.0 Å². The molecular formula is C41H54FN7O5. The van der Waals surface area contributed by atoms with Crippen LogP contribution >= 0.6 is 0 Å². The van der Waals surface area contributed by atoms with Gasteiger partial charge in [0.2, 0.25) is 5.88 Å². The predicted molar refractivity (Wildman–Crippen MR) is 204 cm³/mol. The minimum atomic E-state index is -1.16. The number of methoxy groups -OCH3 is 1. The molecule has 4 aromatic rings. The average Bonchev–Trinajstić information content (AvgIpc) is 3.76. The molecule has 2 saturated carbocycles. The van der Waals surface area contributed by atoms with Crippen molar-refractivity contribution in [3.05, 3.63) is 29.2 Å². The third kappa shape index (κ3) is 6.38. The van der Waals surface area contributed by atoms with Crippen LogP contribution in [0.4, 0.5) is 10.2 Å². The highest BCUT2D eigenvalue weighted by Gasteiger charge is 2.51. The molecule has 2 aliphatic carbocycles. The SMILES string of the molecule is COc1nc(-c2c(C3CC3)c(C)cc3[nH]ncc23)c(F)c2nc(OC[C@]34CCC[C@H]3N(C3C[C@@H](C)O[C@@H](C)C3)CCC4)nc(N3CCOC[C@@](C)(O)C3)c12. The molecular weight excluding hydrogens is 689 g/mol. The molecule has 2 N–H and O–H groups in total. The first-order valence-electron chi connectivity index (χ1n) is 20.1. The standard InChI is InChI=1S/C41H54FN7O5/c1-23-16-29-28(19-43-47-29)32(31(23)26-9-10-26)35-34(42)36-33(38(44-35)51-5)37(48-14-15-52-21-40(4,50)20-48)46-39(45-36)53-22-41-11-6-8-30(41)49(13-7-12-41)27-17-24(2)54-25(3)18-27/h16,19,24-27,30,50H,6-15,17-18,20-22H2,1-5H3,(H,43,47)/t24-,25+,27?,30-,40+,41-/m1/s1. The molecule has 9 rings (SSSR count). The van der Waals surface area contributed by atoms with E-state index in [4.69, 9.17) is 33.9 Å². The third-order valence-electron chi connectivity index (χ3n) is 12.9. The molecule has 0 bridgehead atoms. The van der Waals surface area contributed by atoms with Crippen molar-refractivity contribution in [2.75, 3.05) is 51.5 Å². The average molecular weight is 744 g/mol. The van der Waals surface area contributed by atoms with E-state index in [1.165, 1.54) is 0 Å². The number of fused-ring (bicyclic) bond motifs is 3. The van der Waals surface area contributed by atoms with Crippen LogP contribution in [0, 0.1) is 18.2 Å². The number of likely N-dealkylation sites (tertiary alicyclic amines) is 1. The van der Waals surface area contributed by atoms with Gasteiger partial charge >= 0.3 is 6.01 Å². The Morgan fingerprint density at radius 1 is 1.07 bits per heavy atom. The van der Waals surface area contributed by atoms with E-state index in [9.17, 15) is 5.11 Å². The second-order valence-electron chi connectivity index (χ2n) is 17.2. The van der Waals surface area contributed by atoms with Crippen molar-refractivity contribution in [2.45, 2.75) is 121 Å². The highest BCUT2D eigenvalue weighted by atomic mass is 19.1. The smallest absolute Gasteiger partial charge is 0.319 e. The quantitative estimate of drug-likeness (QED) is 0.206. The summed E-state index contributed by atoms with van der Waals surface area (Å²) in [4.78, 5) is 19.5. The van der Waals surface area contributed by atoms with Gasteiger partial charge in [-0.15, -0.1) is 0 Å². The maximum Gasteiger partial charge on any atom is 0.319 e. The van der Waals surface area contributed by atoms with Gasteiger partial charge in [-0.1, -0.05) is 6.42 Å². The van der Waals surface area contributed by atoms with Crippen molar-refractivity contribution in [1.29, 1.82) is 0 Å². The van der Waals surface area contributed by atoms with Gasteiger partial charge in [-0.25, -0.2) is 9.37 Å². The van der Waals surface area contributed by atoms with E-state index in [0.717, 1.165) is 91.9 Å². The Hall–Kier alpha value is -3.65. The van der Waals surface area contributed by atoms with Gasteiger partial charge in [0.1, 0.15) is 28.0 Å². The Morgan fingerprint density at radius 3 is 2.65 bits per heavy atom. The molecule has 1 unspecified atom stereocenters. The van der Waals surface area contributed by atoms with Crippen molar-refractivity contribution >= 4 is 27.6 Å². The highest BCUT2D eigenvalue weighted by Crippen LogP contribution is 2.51. The normalized spacial score (nSPS) is 30.8. The number of anilines is 1. The molecule has 5 fully saturated rings. The molecule has 6 heterocycles. The first kappa shape index (κ1) is 36.0. The lowest BCUT2D eigenvalue weighted by Gasteiger charge is -2.51. The number of β-amino-alcohol motifs (C(OH)–C–C–N with tert-alkyl or cyclic N) is 1. The molecule has 54 heavy (non-hydrogen) atoms. The van der Waals surface area contributed by atoms with E-state index in [1.807, 2.05) is 4.90 Å². The van der Waals surface area contributed by atoms with Crippen LogP contribution in [-0.4, -0.2) is 112 Å². The van der Waals surface area contributed by atoms with E-state index in [0.29, 0.717) is 49.0 Å². The van der Waals surface area contributed by atoms with Crippen LogP contribution in [0.5, 0.6) is 11.9 Å². The monoisotopic (exact) mass is 743 g/mol. The first-order valence-corrected chi connectivity index (χ1v) is 20.1. The van der Waals surface area contributed by atoms with Crippen molar-refractivity contribution in [2.24, 2.45) is 5.41 Å². The van der Waals surface area contributed by atoms with Crippen LogP contribution in [0.15, 0.2) is 12.3 Å². The summed E-state index contributed by atoms with van der Waals surface area (Å²) in [5.74, 6) is 0.384. The van der Waals surface area contributed by atoms with Crippen LogP contribution < -0.4 is 14.4 Å². The van der Waals surface area contributed by atoms with Crippen molar-refractivity contribution in [3.8, 4) is 23.1 Å². The van der Waals surface area contributed by atoms with Gasteiger partial charge in [-0.2, -0.15) is 15.1 Å². The summed E-state index contributed by atoms with van der Waals surface area (Å²) in [5, 5.41) is 19.8. The highest BCUT2D eigenvalue weighted by molar-refractivity contribution is 6.01. The number of rotatable bonds is 8. The fourth-order valence-corrected chi connectivity index (χ4v) is 10.5. The minimum Gasteiger partial charge on any atom is -0.480 e. The second-order valence-corrected chi connectivity index (χ2v) is 17.2. The van der Waals surface area contributed by atoms with Crippen molar-refractivity contribution in [3.63, 3.8) is 0 Å². The summed E-state index contributed by atoms with van der Waals surface area (Å²) in [6.07, 6.45) is 12.0. The lowest BCUT2D eigenvalue weighted by Crippen LogP contribution is -2.57. The van der Waals surface area contributed by atoms with Gasteiger partial charge in [0.15, 0.2) is 5.82 Å². The van der Waals surface area contributed by atoms with Crippen LogP contribution in [0.25, 0.3) is 33.1 Å². The Kier molecular flexibility index (Phi) is 9.22. The summed E-state index contributed by atoms with van der Waals surface area (Å²) >= 11 is 0. The number of hydrogen-bond donors (Lipinski definition) is 2. The van der Waals surface area contributed by atoms with Crippen LogP contribution in [-0.2, 0) is 9.47 Å². The molecule has 0 spiro atoms. The fourth-order valence-electron chi connectivity index (χ4n) is 10.5. The molecule has 0 radical (unpaired) electrons. The van der Waals surface area contributed by atoms with E-state index >= 15 is 4.39 Å². The summed E-state index contributed by atoms with van der Waals surface area (Å²) in [6, 6.07) is 3.09. The van der Waals surface area contributed by atoms with Crippen LogP contribution in [0.3, 0.4) is 0 Å². The molecule has 0 amide bonds. The van der Waals surface area contributed by atoms with E-state index in [1.54, 1.807) is 20.2 Å². The number of H-pyrrole nitrogens is 1. The fraction of sp³-hybridized carbons (Fsp3) is 0.659. The third-order valence-corrected chi connectivity index (χ3v) is 12.9. The van der Waals surface area contributed by atoms with Crippen LogP contribution in [0.1, 0.15) is 95.6 Å². The number of nitrogens with zero attached hydrogens (tertiary/aromatic N) is 6. The number of aromatic nitrogens is 5. The number of ether oxygens (including phenoxy) is 4. The number of aliphatic hydroxyl groups is 1. The Balaban J connectivity index is 1.16. The maximum absolute atomic E-state index is 17.6. The molecule has 290 valence electrons. The Bertz CT molecular complexity index is 2040. The van der Waals surface area contributed by atoms with Crippen molar-refractivity contribution in [1.82, 2.24) is 30.0 Å². The minimum absolute atomic E-state index is 0.0467. The number of aromatic amines is 1. The number of pyridine rings is 1. The molecule has 12 nitrogen and oxygen atoms in total. The molecule has 3 aromatic heterocycles. The molecule has 1 aromatic carbocycles. The van der Waals surface area contributed by atoms with E-state index < -0.39 is 11.4 Å². The van der Waals surface area contributed by atoms with Gasteiger partial charge in [0.05, 0.1) is 57.4 Å². The molecule has 13 heteroatoms. The van der Waals surface area contributed by atoms with Crippen molar-refractivity contribution < 1.29 is 28.4 Å². The number of benzene rings is 1. The van der Waals surface area contributed by atoms with Gasteiger partial charge < -0.3 is 29.0 Å². The number of nitrogens with one attached hydrogen (secondary N) is 1. The molecule has 5 aliphatic rings. The summed E-state index contributed by atoms with van der Waals surface area (Å²) in [6.45, 7) is 10.9. The zero-order valence-corrected chi connectivity index (χ0v) is 32.3. The van der Waals surface area contributed by atoms with Gasteiger partial charge in [0.25, 0.3) is 0 Å². The largest absolute Gasteiger partial charge is 0.480 e. The summed E-state index contributed by atoms with van der Waals surface area (Å²) < 4.78 is 42.2. The van der Waals surface area contributed by atoms with E-state index in [2.05, 4.69) is 41.9 Å². The number of aryl methyl sites for hydroxylation is 1. The Morgan fingerprint density at radius 2 is 1.87 bits per heavy atom. The Labute approximate surface area is 316 Å². The lowest BCUT2D eigenvalue weighted by atomic mass is 9.74. The maximum atomic E-state index is 17.6. The summed E-state index contributed by atoms with van der Waals surface area (Å²) in [7, 11) is 1.54. The van der Waals surface area contributed by atoms with Gasteiger partial charge in [-0.05, 0) is 109 Å². The number of piperidine rings is 1. The van der Waals surface area contributed by atoms with Gasteiger partial charge in [-0.3, -0.25) is 10.00 Å². The first-order chi connectivity index (χ1) is 26.0. The van der Waals surface area contributed by atoms with E-state index in [-0.39, 0.29) is 53.9 Å². The lowest BCUT2D eigenvalue weighted by molar-refractivity contribution is -0.0967. The number of hydrogen-bond acceptors (Lipinski definition) is 11. The zero-order valence-electron chi connectivity index (χ0n) is 32.3. The predicted octanol–water partition coefficient (Wildman–Crippen LogP) is 6.46.